The average molecular weight is 188 g/mol. The summed E-state index contributed by atoms with van der Waals surface area (Å²) in [6.45, 7) is 0. The first-order valence-electron chi connectivity index (χ1n) is 4.42. The minimum Gasteiger partial charge on any atom is -0.479 e. The summed E-state index contributed by atoms with van der Waals surface area (Å²) < 4.78 is 0. The van der Waals surface area contributed by atoms with Gasteiger partial charge in [-0.1, -0.05) is 0 Å². The lowest BCUT2D eigenvalue weighted by molar-refractivity contribution is -0.163. The fourth-order valence-corrected chi connectivity index (χ4v) is 1.72. The van der Waals surface area contributed by atoms with Crippen molar-refractivity contribution in [3.8, 4) is 0 Å². The minimum absolute atomic E-state index is 0.139. The molecule has 1 aliphatic carbocycles. The van der Waals surface area contributed by atoms with Gasteiger partial charge in [0.05, 0.1) is 6.17 Å². The molecule has 0 saturated heterocycles. The fourth-order valence-electron chi connectivity index (χ4n) is 1.72. The van der Waals surface area contributed by atoms with E-state index >= 15 is 0 Å². The van der Waals surface area contributed by atoms with Crippen LogP contribution in [0.5, 0.6) is 0 Å². The van der Waals surface area contributed by atoms with Gasteiger partial charge in [0.25, 0.3) is 0 Å². The van der Waals surface area contributed by atoms with E-state index in [4.69, 9.17) is 16.6 Å². The van der Waals surface area contributed by atoms with Gasteiger partial charge in [-0.3, -0.25) is 0 Å². The lowest BCUT2D eigenvalue weighted by Gasteiger charge is -2.33. The van der Waals surface area contributed by atoms with Crippen molar-refractivity contribution in [3.05, 3.63) is 0 Å². The zero-order chi connectivity index (χ0) is 10.1. The molecule has 0 atom stereocenters. The zero-order valence-corrected chi connectivity index (χ0v) is 7.44. The minimum atomic E-state index is -1.55. The molecule has 0 aromatic rings. The lowest BCUT2D eigenvalue weighted by atomic mass is 9.78. The third-order valence-electron chi connectivity index (χ3n) is 2.80. The van der Waals surface area contributed by atoms with E-state index in [0.29, 0.717) is 12.8 Å². The molecule has 0 radical (unpaired) electrons. The summed E-state index contributed by atoms with van der Waals surface area (Å²) in [5.41, 5.74) is 9.41. The SMILES string of the molecule is NC(N)C1CCC(O)(C(=O)O)CC1. The number of carbonyl (C=O) groups is 1. The van der Waals surface area contributed by atoms with Crippen LogP contribution >= 0.6 is 0 Å². The van der Waals surface area contributed by atoms with Crippen molar-refractivity contribution in [2.75, 3.05) is 0 Å². The quantitative estimate of drug-likeness (QED) is 0.426. The number of hydrogen-bond donors (Lipinski definition) is 4. The smallest absolute Gasteiger partial charge is 0.335 e. The largest absolute Gasteiger partial charge is 0.479 e. The van der Waals surface area contributed by atoms with Crippen LogP contribution in [0, 0.1) is 5.92 Å². The average Bonchev–Trinajstić information content (AvgIpc) is 2.04. The predicted molar refractivity (Wildman–Crippen MR) is 46.7 cm³/mol. The molecule has 0 spiro atoms. The van der Waals surface area contributed by atoms with Crippen molar-refractivity contribution in [1.29, 1.82) is 0 Å². The summed E-state index contributed by atoms with van der Waals surface area (Å²) in [5, 5.41) is 18.3. The molecule has 1 saturated carbocycles. The molecule has 5 nitrogen and oxygen atoms in total. The maximum atomic E-state index is 10.6. The summed E-state index contributed by atoms with van der Waals surface area (Å²) in [6.07, 6.45) is 1.26. The van der Waals surface area contributed by atoms with Gasteiger partial charge < -0.3 is 21.7 Å². The molecule has 5 heteroatoms. The second-order valence-electron chi connectivity index (χ2n) is 3.75. The molecule has 0 heterocycles. The molecule has 0 bridgehead atoms. The van der Waals surface area contributed by atoms with E-state index in [9.17, 15) is 9.90 Å². The number of carboxylic acids is 1. The number of carboxylic acid groups (broad SMARTS) is 1. The van der Waals surface area contributed by atoms with Gasteiger partial charge in [-0.25, -0.2) is 4.79 Å². The van der Waals surface area contributed by atoms with Crippen LogP contribution in [0.3, 0.4) is 0 Å². The van der Waals surface area contributed by atoms with Crippen LogP contribution < -0.4 is 11.5 Å². The molecular formula is C8H16N2O3. The van der Waals surface area contributed by atoms with E-state index in [0.717, 1.165) is 0 Å². The van der Waals surface area contributed by atoms with Crippen LogP contribution in [0.2, 0.25) is 0 Å². The lowest BCUT2D eigenvalue weighted by Crippen LogP contribution is -2.47. The van der Waals surface area contributed by atoms with Crippen molar-refractivity contribution >= 4 is 5.97 Å². The number of hydrogen-bond acceptors (Lipinski definition) is 4. The molecule has 0 aromatic heterocycles. The Morgan fingerprint density at radius 1 is 1.38 bits per heavy atom. The summed E-state index contributed by atoms with van der Waals surface area (Å²) in [6, 6.07) is 0. The maximum Gasteiger partial charge on any atom is 0.335 e. The molecule has 0 aromatic carbocycles. The van der Waals surface area contributed by atoms with Gasteiger partial charge in [-0.05, 0) is 31.6 Å². The highest BCUT2D eigenvalue weighted by Gasteiger charge is 2.40. The first kappa shape index (κ1) is 10.4. The monoisotopic (exact) mass is 188 g/mol. The van der Waals surface area contributed by atoms with Crippen LogP contribution in [0.4, 0.5) is 0 Å². The Hall–Kier alpha value is -0.650. The summed E-state index contributed by atoms with van der Waals surface area (Å²) >= 11 is 0. The van der Waals surface area contributed by atoms with Crippen molar-refractivity contribution < 1.29 is 15.0 Å². The van der Waals surface area contributed by atoms with Crippen LogP contribution in [0.1, 0.15) is 25.7 Å². The Kier molecular flexibility index (Phi) is 2.90. The topological polar surface area (TPSA) is 110 Å². The highest BCUT2D eigenvalue weighted by Crippen LogP contribution is 2.32. The van der Waals surface area contributed by atoms with E-state index in [1.807, 2.05) is 0 Å². The first-order chi connectivity index (χ1) is 5.96. The molecule has 13 heavy (non-hydrogen) atoms. The predicted octanol–water partition coefficient (Wildman–Crippen LogP) is -0.764. The Morgan fingerprint density at radius 2 is 1.85 bits per heavy atom. The summed E-state index contributed by atoms with van der Waals surface area (Å²) in [7, 11) is 0. The highest BCUT2D eigenvalue weighted by molar-refractivity contribution is 5.77. The molecule has 0 amide bonds. The van der Waals surface area contributed by atoms with Crippen molar-refractivity contribution in [2.24, 2.45) is 17.4 Å². The van der Waals surface area contributed by atoms with Gasteiger partial charge >= 0.3 is 5.97 Å². The van der Waals surface area contributed by atoms with E-state index in [-0.39, 0.29) is 18.8 Å². The molecule has 0 unspecified atom stereocenters. The van der Waals surface area contributed by atoms with Crippen molar-refractivity contribution in [2.45, 2.75) is 37.5 Å². The molecule has 1 rings (SSSR count). The number of aliphatic carboxylic acids is 1. The molecule has 76 valence electrons. The van der Waals surface area contributed by atoms with Gasteiger partial charge in [-0.15, -0.1) is 0 Å². The number of rotatable bonds is 2. The third kappa shape index (κ3) is 2.18. The van der Waals surface area contributed by atoms with Gasteiger partial charge in [0.15, 0.2) is 5.60 Å². The fraction of sp³-hybridized carbons (Fsp3) is 0.875. The van der Waals surface area contributed by atoms with Crippen LogP contribution in [-0.2, 0) is 4.79 Å². The second-order valence-corrected chi connectivity index (χ2v) is 3.75. The Labute approximate surface area is 76.7 Å². The first-order valence-corrected chi connectivity index (χ1v) is 4.42. The third-order valence-corrected chi connectivity index (χ3v) is 2.80. The van der Waals surface area contributed by atoms with E-state index < -0.39 is 17.7 Å². The van der Waals surface area contributed by atoms with Gasteiger partial charge in [-0.2, -0.15) is 0 Å². The Bertz CT molecular complexity index is 198. The summed E-state index contributed by atoms with van der Waals surface area (Å²) in [4.78, 5) is 10.6. The normalized spacial score (nSPS) is 34.9. The maximum absolute atomic E-state index is 10.6. The van der Waals surface area contributed by atoms with Crippen molar-refractivity contribution in [3.63, 3.8) is 0 Å². The molecule has 0 aliphatic heterocycles. The van der Waals surface area contributed by atoms with E-state index in [1.54, 1.807) is 0 Å². The Balaban J connectivity index is 2.51. The van der Waals surface area contributed by atoms with E-state index in [2.05, 4.69) is 0 Å². The Morgan fingerprint density at radius 3 is 2.15 bits per heavy atom. The van der Waals surface area contributed by atoms with Crippen LogP contribution in [-0.4, -0.2) is 27.9 Å². The molecular weight excluding hydrogens is 172 g/mol. The second kappa shape index (κ2) is 3.61. The number of nitrogens with two attached hydrogens (primary N) is 2. The molecule has 1 fully saturated rings. The van der Waals surface area contributed by atoms with Crippen LogP contribution in [0.15, 0.2) is 0 Å². The number of aliphatic hydroxyl groups is 1. The van der Waals surface area contributed by atoms with Crippen molar-refractivity contribution in [1.82, 2.24) is 0 Å². The van der Waals surface area contributed by atoms with Gasteiger partial charge in [0.2, 0.25) is 0 Å². The van der Waals surface area contributed by atoms with Gasteiger partial charge in [0.1, 0.15) is 0 Å². The molecule has 6 N–H and O–H groups in total. The van der Waals surface area contributed by atoms with Crippen LogP contribution in [0.25, 0.3) is 0 Å². The standard InChI is InChI=1S/C8H16N2O3/c9-6(10)5-1-3-8(13,4-2-5)7(11)12/h5-6,13H,1-4,9-10H2,(H,11,12). The molecule has 1 aliphatic rings. The highest BCUT2D eigenvalue weighted by atomic mass is 16.4. The van der Waals surface area contributed by atoms with Gasteiger partial charge in [0, 0.05) is 0 Å². The summed E-state index contributed by atoms with van der Waals surface area (Å²) in [5.74, 6) is -1.00. The van der Waals surface area contributed by atoms with E-state index in [1.165, 1.54) is 0 Å². The zero-order valence-electron chi connectivity index (χ0n) is 7.44.